The average Bonchev–Trinajstić information content (AvgIpc) is 3.65. The van der Waals surface area contributed by atoms with Gasteiger partial charge in [0.05, 0.1) is 11.2 Å². The number of aromatic nitrogens is 3. The monoisotopic (exact) mass is 633 g/mol. The summed E-state index contributed by atoms with van der Waals surface area (Å²) in [4.78, 5) is 15.1. The maximum atomic E-state index is 10.6. The molecule has 0 atom stereocenters. The van der Waals surface area contributed by atoms with Crippen LogP contribution in [0.4, 0.5) is 0 Å². The molecular formula is C39H32BN3O3S. The largest absolute Gasteiger partial charge is 0.456 e. The minimum absolute atomic E-state index is 0.402. The molecule has 0 spiro atoms. The highest BCUT2D eigenvalue weighted by Gasteiger charge is 2.35. The van der Waals surface area contributed by atoms with Gasteiger partial charge in [-0.25, -0.2) is 15.0 Å². The van der Waals surface area contributed by atoms with Crippen molar-refractivity contribution >= 4 is 66.4 Å². The maximum absolute atomic E-state index is 10.6. The van der Waals surface area contributed by atoms with E-state index >= 15 is 0 Å². The number of hydrogen-bond acceptors (Lipinski definition) is 7. The molecule has 6 nitrogen and oxygen atoms in total. The molecule has 0 aliphatic rings. The molecule has 230 valence electrons. The molecule has 47 heavy (non-hydrogen) atoms. The standard InChI is InChI=1S/C39H32BN3O3S/c1-38(2,44)39(3,4)46-40-29-17-10-15-25-28-22-24(20-21-32(28)47-34(25)29)36-41-35(23-12-6-5-7-13-23)42-37(43-36)27-16-11-19-31-33(27)26-14-8-9-18-30(26)45-31/h5-22,40,44H,1-4H3. The maximum Gasteiger partial charge on any atom is 0.310 e. The highest BCUT2D eigenvalue weighted by molar-refractivity contribution is 7.27. The van der Waals surface area contributed by atoms with Crippen molar-refractivity contribution in [3.63, 3.8) is 0 Å². The summed E-state index contributed by atoms with van der Waals surface area (Å²) in [5.41, 5.74) is 3.76. The van der Waals surface area contributed by atoms with Gasteiger partial charge in [0.15, 0.2) is 17.5 Å². The normalized spacial score (nSPS) is 12.4. The number of fused-ring (bicyclic) bond motifs is 6. The van der Waals surface area contributed by atoms with E-state index in [1.165, 1.54) is 9.40 Å². The van der Waals surface area contributed by atoms with E-state index in [-0.39, 0.29) is 0 Å². The second-order valence-electron chi connectivity index (χ2n) is 12.9. The van der Waals surface area contributed by atoms with Crippen molar-refractivity contribution in [2.24, 2.45) is 0 Å². The molecule has 0 saturated carbocycles. The lowest BCUT2D eigenvalue weighted by Gasteiger charge is -2.37. The summed E-state index contributed by atoms with van der Waals surface area (Å²) in [6, 6.07) is 36.9. The SMILES string of the molecule is CC(C)(O)C(C)(C)OBc1cccc2c1sc1ccc(-c3nc(-c4ccccc4)nc(-c4cccc5oc6ccccc6c45)n3)cc12. The Morgan fingerprint density at radius 3 is 2.15 bits per heavy atom. The van der Waals surface area contributed by atoms with E-state index in [0.717, 1.165) is 54.9 Å². The van der Waals surface area contributed by atoms with E-state index in [4.69, 9.17) is 24.0 Å². The van der Waals surface area contributed by atoms with Gasteiger partial charge < -0.3 is 14.2 Å². The Balaban J connectivity index is 1.28. The van der Waals surface area contributed by atoms with Gasteiger partial charge in [-0.1, -0.05) is 78.9 Å². The Morgan fingerprint density at radius 2 is 1.34 bits per heavy atom. The first-order valence-electron chi connectivity index (χ1n) is 15.7. The van der Waals surface area contributed by atoms with Gasteiger partial charge in [-0.2, -0.15) is 0 Å². The first kappa shape index (κ1) is 29.5. The predicted octanol–water partition coefficient (Wildman–Crippen LogP) is 8.68. The highest BCUT2D eigenvalue weighted by Crippen LogP contribution is 2.38. The molecule has 0 amide bonds. The van der Waals surface area contributed by atoms with Crippen molar-refractivity contribution in [2.75, 3.05) is 0 Å². The molecule has 3 heterocycles. The quantitative estimate of drug-likeness (QED) is 0.177. The van der Waals surface area contributed by atoms with E-state index in [1.54, 1.807) is 25.2 Å². The molecule has 0 aliphatic carbocycles. The molecule has 8 aromatic rings. The van der Waals surface area contributed by atoms with E-state index in [9.17, 15) is 5.11 Å². The first-order chi connectivity index (χ1) is 22.7. The van der Waals surface area contributed by atoms with E-state index in [2.05, 4.69) is 48.5 Å². The van der Waals surface area contributed by atoms with E-state index in [1.807, 2.05) is 74.5 Å². The lowest BCUT2D eigenvalue weighted by molar-refractivity contribution is -0.0893. The minimum atomic E-state index is -0.978. The van der Waals surface area contributed by atoms with Crippen LogP contribution in [-0.2, 0) is 4.65 Å². The summed E-state index contributed by atoms with van der Waals surface area (Å²) >= 11 is 1.75. The van der Waals surface area contributed by atoms with Gasteiger partial charge in [-0.15, -0.1) is 11.3 Å². The van der Waals surface area contributed by atoms with Crippen molar-refractivity contribution in [3.05, 3.63) is 109 Å². The molecular weight excluding hydrogens is 601 g/mol. The number of aliphatic hydroxyl groups is 1. The van der Waals surface area contributed by atoms with Crippen LogP contribution in [0.1, 0.15) is 27.7 Å². The van der Waals surface area contributed by atoms with Crippen molar-refractivity contribution in [2.45, 2.75) is 38.9 Å². The second-order valence-corrected chi connectivity index (χ2v) is 14.0. The fourth-order valence-corrected chi connectivity index (χ4v) is 7.03. The Bertz CT molecular complexity index is 2440. The fourth-order valence-electron chi connectivity index (χ4n) is 5.85. The van der Waals surface area contributed by atoms with Crippen LogP contribution in [0.15, 0.2) is 114 Å². The number of benzene rings is 5. The Morgan fingerprint density at radius 1 is 0.660 bits per heavy atom. The Labute approximate surface area is 277 Å². The van der Waals surface area contributed by atoms with Gasteiger partial charge in [0.1, 0.15) is 11.2 Å². The third-order valence-electron chi connectivity index (χ3n) is 9.21. The number of furan rings is 1. The van der Waals surface area contributed by atoms with Gasteiger partial charge in [-0.3, -0.25) is 0 Å². The summed E-state index contributed by atoms with van der Waals surface area (Å²) in [5.74, 6) is 1.81. The smallest absolute Gasteiger partial charge is 0.310 e. The lowest BCUT2D eigenvalue weighted by Crippen LogP contribution is -2.49. The van der Waals surface area contributed by atoms with Crippen LogP contribution in [0.5, 0.6) is 0 Å². The van der Waals surface area contributed by atoms with Crippen LogP contribution in [0.2, 0.25) is 0 Å². The Kier molecular flexibility index (Phi) is 6.99. The lowest BCUT2D eigenvalue weighted by atomic mass is 9.82. The molecule has 1 N–H and O–H groups in total. The van der Waals surface area contributed by atoms with Crippen LogP contribution in [0.25, 0.3) is 76.3 Å². The second kappa shape index (κ2) is 11.1. The molecule has 8 rings (SSSR count). The summed E-state index contributed by atoms with van der Waals surface area (Å²) in [6.07, 6.45) is 0. The Hall–Kier alpha value is -4.89. The van der Waals surface area contributed by atoms with Crippen LogP contribution in [-0.4, -0.2) is 38.7 Å². The van der Waals surface area contributed by atoms with Gasteiger partial charge in [0, 0.05) is 42.2 Å². The number of rotatable bonds is 7. The summed E-state index contributed by atoms with van der Waals surface area (Å²) in [7, 11) is 0.402. The van der Waals surface area contributed by atoms with Crippen molar-refractivity contribution in [3.8, 4) is 34.2 Å². The summed E-state index contributed by atoms with van der Waals surface area (Å²) in [5, 5.41) is 14.9. The first-order valence-corrected chi connectivity index (χ1v) is 16.5. The highest BCUT2D eigenvalue weighted by atomic mass is 32.1. The summed E-state index contributed by atoms with van der Waals surface area (Å²) < 4.78 is 14.8. The van der Waals surface area contributed by atoms with Crippen LogP contribution >= 0.6 is 11.3 Å². The molecule has 0 fully saturated rings. The zero-order chi connectivity index (χ0) is 32.3. The minimum Gasteiger partial charge on any atom is -0.456 e. The topological polar surface area (TPSA) is 81.3 Å². The van der Waals surface area contributed by atoms with E-state index < -0.39 is 11.2 Å². The molecule has 3 aromatic heterocycles. The average molecular weight is 634 g/mol. The third kappa shape index (κ3) is 5.19. The number of para-hydroxylation sites is 1. The van der Waals surface area contributed by atoms with Crippen molar-refractivity contribution < 1.29 is 14.2 Å². The van der Waals surface area contributed by atoms with Crippen molar-refractivity contribution in [1.82, 2.24) is 15.0 Å². The van der Waals surface area contributed by atoms with Gasteiger partial charge in [0.2, 0.25) is 0 Å². The third-order valence-corrected chi connectivity index (χ3v) is 10.5. The number of hydrogen-bond donors (Lipinski definition) is 1. The van der Waals surface area contributed by atoms with Crippen LogP contribution in [0, 0.1) is 0 Å². The molecule has 0 bridgehead atoms. The van der Waals surface area contributed by atoms with Gasteiger partial charge >= 0.3 is 7.48 Å². The van der Waals surface area contributed by atoms with Gasteiger partial charge in [-0.05, 0) is 68.9 Å². The number of thiophene rings is 1. The van der Waals surface area contributed by atoms with E-state index in [0.29, 0.717) is 25.0 Å². The number of nitrogens with zero attached hydrogens (tertiary/aromatic N) is 3. The fraction of sp³-hybridized carbons (Fsp3) is 0.154. The van der Waals surface area contributed by atoms with Crippen LogP contribution < -0.4 is 5.46 Å². The molecule has 0 saturated heterocycles. The van der Waals surface area contributed by atoms with Gasteiger partial charge in [0.25, 0.3) is 0 Å². The molecule has 8 heteroatoms. The molecule has 0 aliphatic heterocycles. The van der Waals surface area contributed by atoms with Crippen molar-refractivity contribution in [1.29, 1.82) is 0 Å². The zero-order valence-electron chi connectivity index (χ0n) is 26.6. The van der Waals surface area contributed by atoms with Crippen LogP contribution in [0.3, 0.4) is 0 Å². The zero-order valence-corrected chi connectivity index (χ0v) is 27.4. The summed E-state index contributed by atoms with van der Waals surface area (Å²) in [6.45, 7) is 7.41. The predicted molar refractivity (Wildman–Crippen MR) is 195 cm³/mol. The molecule has 0 unspecified atom stereocenters. The molecule has 0 radical (unpaired) electrons. The molecule has 5 aromatic carbocycles.